The molecule has 0 bridgehead atoms. The second kappa shape index (κ2) is 10.9. The van der Waals surface area contributed by atoms with Crippen molar-refractivity contribution >= 4 is 83.7 Å². The van der Waals surface area contributed by atoms with Crippen molar-refractivity contribution in [1.29, 1.82) is 0 Å². The van der Waals surface area contributed by atoms with E-state index in [0.717, 1.165) is 11.1 Å². The van der Waals surface area contributed by atoms with Gasteiger partial charge in [0.2, 0.25) is 0 Å². The van der Waals surface area contributed by atoms with Crippen molar-refractivity contribution in [2.45, 2.75) is 13.5 Å². The summed E-state index contributed by atoms with van der Waals surface area (Å²) >= 11 is 14.4. The quantitative estimate of drug-likeness (QED) is 0.171. The number of carbonyl (C=O) groups excluding carboxylic acids is 1. The Morgan fingerprint density at radius 1 is 1.17 bits per heavy atom. The highest BCUT2D eigenvalue weighted by Gasteiger charge is 2.24. The van der Waals surface area contributed by atoms with Crippen LogP contribution >= 0.6 is 55.2 Å². The summed E-state index contributed by atoms with van der Waals surface area (Å²) in [5, 5.41) is 14.8. The minimum atomic E-state index is -0.443. The van der Waals surface area contributed by atoms with Crippen LogP contribution in [0.3, 0.4) is 0 Å². The molecular formula is C24H16Br2ClN3O4S. The van der Waals surface area contributed by atoms with Crippen LogP contribution in [-0.2, 0) is 11.4 Å². The number of rotatable bonds is 6. The van der Waals surface area contributed by atoms with Gasteiger partial charge in [-0.1, -0.05) is 29.8 Å². The maximum atomic E-state index is 12.5. The number of amidine groups is 1. The van der Waals surface area contributed by atoms with Gasteiger partial charge in [0.05, 0.1) is 24.5 Å². The lowest BCUT2D eigenvalue weighted by molar-refractivity contribution is -0.384. The fourth-order valence-electron chi connectivity index (χ4n) is 3.17. The molecule has 0 aliphatic carbocycles. The van der Waals surface area contributed by atoms with E-state index in [1.807, 2.05) is 31.2 Å². The number of nitro benzene ring substituents is 1. The Morgan fingerprint density at radius 2 is 1.89 bits per heavy atom. The second-order valence-electron chi connectivity index (χ2n) is 7.40. The van der Waals surface area contributed by atoms with Gasteiger partial charge in [-0.25, -0.2) is 4.99 Å². The van der Waals surface area contributed by atoms with Crippen molar-refractivity contribution in [3.05, 3.63) is 100 Å². The number of carbonyl (C=O) groups is 1. The highest BCUT2D eigenvalue weighted by Crippen LogP contribution is 2.37. The smallest absolute Gasteiger partial charge is 0.269 e. The molecular weight excluding hydrogens is 622 g/mol. The van der Waals surface area contributed by atoms with Crippen LogP contribution in [0, 0.1) is 17.0 Å². The first-order chi connectivity index (χ1) is 16.7. The molecule has 0 saturated carbocycles. The van der Waals surface area contributed by atoms with Gasteiger partial charge < -0.3 is 10.1 Å². The van der Waals surface area contributed by atoms with Crippen LogP contribution in [0.1, 0.15) is 16.7 Å². The molecule has 4 rings (SSSR count). The van der Waals surface area contributed by atoms with Crippen LogP contribution in [0.5, 0.6) is 5.75 Å². The van der Waals surface area contributed by atoms with E-state index in [1.165, 1.54) is 23.9 Å². The number of benzene rings is 3. The number of aliphatic imine (C=N–C) groups is 1. The van der Waals surface area contributed by atoms with E-state index in [1.54, 1.807) is 24.3 Å². The largest absolute Gasteiger partial charge is 0.487 e. The molecule has 0 unspecified atom stereocenters. The van der Waals surface area contributed by atoms with Gasteiger partial charge in [-0.15, -0.1) is 0 Å². The van der Waals surface area contributed by atoms with E-state index in [9.17, 15) is 14.9 Å². The number of nitrogens with one attached hydrogen (secondary N) is 1. The van der Waals surface area contributed by atoms with Crippen LogP contribution in [0.15, 0.2) is 73.4 Å². The number of non-ortho nitro benzene ring substituents is 1. The Hall–Kier alpha value is -2.66. The predicted molar refractivity (Wildman–Crippen MR) is 146 cm³/mol. The van der Waals surface area contributed by atoms with Crippen LogP contribution < -0.4 is 10.1 Å². The Kier molecular flexibility index (Phi) is 7.95. The summed E-state index contributed by atoms with van der Waals surface area (Å²) < 4.78 is 7.21. The maximum absolute atomic E-state index is 12.5. The molecule has 3 aromatic rings. The third-order valence-corrected chi connectivity index (χ3v) is 7.43. The minimum absolute atomic E-state index is 0.00646. The van der Waals surface area contributed by atoms with Crippen molar-refractivity contribution in [2.75, 3.05) is 0 Å². The van der Waals surface area contributed by atoms with Crippen molar-refractivity contribution in [3.63, 3.8) is 0 Å². The third kappa shape index (κ3) is 6.13. The number of halogens is 3. The average molecular weight is 638 g/mol. The molecule has 1 saturated heterocycles. The zero-order valence-corrected chi connectivity index (χ0v) is 22.8. The zero-order valence-electron chi connectivity index (χ0n) is 18.1. The van der Waals surface area contributed by atoms with Gasteiger partial charge in [0.15, 0.2) is 5.17 Å². The van der Waals surface area contributed by atoms with Gasteiger partial charge in [-0.3, -0.25) is 14.9 Å². The van der Waals surface area contributed by atoms with E-state index in [4.69, 9.17) is 16.3 Å². The molecule has 1 heterocycles. The van der Waals surface area contributed by atoms with E-state index in [2.05, 4.69) is 42.2 Å². The molecule has 11 heteroatoms. The number of nitro groups is 1. The summed E-state index contributed by atoms with van der Waals surface area (Å²) in [7, 11) is 0. The normalized spacial score (nSPS) is 15.5. The Morgan fingerprint density at radius 3 is 2.60 bits per heavy atom. The zero-order chi connectivity index (χ0) is 25.1. The molecule has 1 N–H and O–H groups in total. The van der Waals surface area contributed by atoms with Crippen LogP contribution in [0.2, 0.25) is 5.02 Å². The topological polar surface area (TPSA) is 93.8 Å². The first-order valence-electron chi connectivity index (χ1n) is 10.1. The van der Waals surface area contributed by atoms with Gasteiger partial charge in [0.25, 0.3) is 11.6 Å². The summed E-state index contributed by atoms with van der Waals surface area (Å²) in [6.45, 7) is 2.03. The molecule has 0 spiro atoms. The fraction of sp³-hybridized carbons (Fsp3) is 0.0833. The van der Waals surface area contributed by atoms with Crippen LogP contribution in [0.4, 0.5) is 11.4 Å². The molecule has 178 valence electrons. The van der Waals surface area contributed by atoms with Gasteiger partial charge in [0, 0.05) is 17.2 Å². The molecule has 3 aromatic carbocycles. The van der Waals surface area contributed by atoms with Gasteiger partial charge in [-0.05, 0) is 97.6 Å². The van der Waals surface area contributed by atoms with E-state index < -0.39 is 4.92 Å². The number of ether oxygens (including phenoxy) is 1. The molecule has 1 amide bonds. The number of hydrogen-bond acceptors (Lipinski definition) is 6. The standard InChI is InChI=1S/C24H16Br2ClN3O4S/c1-13-19(27)6-3-7-20(13)28-24-29-23(31)21(35-24)11-15-9-17(25)22(18(26)10-15)34-12-14-4-2-5-16(8-14)30(32)33/h2-11H,12H2,1H3,(H,28,29,31)/b21-11+. The molecule has 1 aliphatic heterocycles. The summed E-state index contributed by atoms with van der Waals surface area (Å²) in [4.78, 5) is 28.1. The SMILES string of the molecule is Cc1c(Cl)cccc1N=C1NC(=O)/C(=C\c2cc(Br)c(OCc3cccc([N+](=O)[O-])c3)c(Br)c2)S1. The number of hydrogen-bond donors (Lipinski definition) is 1. The molecule has 1 aliphatic rings. The lowest BCUT2D eigenvalue weighted by atomic mass is 10.2. The number of amides is 1. The van der Waals surface area contributed by atoms with Crippen LogP contribution in [0.25, 0.3) is 6.08 Å². The summed E-state index contributed by atoms with van der Waals surface area (Å²) in [5.74, 6) is 0.299. The Labute approximate surface area is 227 Å². The number of nitrogens with zero attached hydrogens (tertiary/aromatic N) is 2. The molecule has 0 aromatic heterocycles. The number of thioether (sulfide) groups is 1. The van der Waals surface area contributed by atoms with Crippen LogP contribution in [-0.4, -0.2) is 16.0 Å². The first-order valence-corrected chi connectivity index (χ1v) is 12.9. The Bertz CT molecular complexity index is 1390. The van der Waals surface area contributed by atoms with Crippen molar-refractivity contribution in [2.24, 2.45) is 4.99 Å². The fourth-order valence-corrected chi connectivity index (χ4v) is 5.63. The lowest BCUT2D eigenvalue weighted by Gasteiger charge is -2.11. The van der Waals surface area contributed by atoms with Gasteiger partial charge >= 0.3 is 0 Å². The van der Waals surface area contributed by atoms with Crippen molar-refractivity contribution in [3.8, 4) is 5.75 Å². The first kappa shape index (κ1) is 25.4. The van der Waals surface area contributed by atoms with Crippen molar-refractivity contribution in [1.82, 2.24) is 5.32 Å². The lowest BCUT2D eigenvalue weighted by Crippen LogP contribution is -2.19. The minimum Gasteiger partial charge on any atom is -0.487 e. The summed E-state index contributed by atoms with van der Waals surface area (Å²) in [5.41, 5.74) is 2.97. The third-order valence-electron chi connectivity index (χ3n) is 4.93. The predicted octanol–water partition coefficient (Wildman–Crippen LogP) is 7.55. The molecule has 35 heavy (non-hydrogen) atoms. The average Bonchev–Trinajstić information content (AvgIpc) is 3.15. The van der Waals surface area contributed by atoms with Gasteiger partial charge in [-0.2, -0.15) is 0 Å². The molecule has 0 radical (unpaired) electrons. The summed E-state index contributed by atoms with van der Waals surface area (Å²) in [6.07, 6.45) is 1.76. The Balaban J connectivity index is 1.51. The highest BCUT2D eigenvalue weighted by atomic mass is 79.9. The summed E-state index contributed by atoms with van der Waals surface area (Å²) in [6, 6.07) is 15.4. The van der Waals surface area contributed by atoms with E-state index in [-0.39, 0.29) is 18.2 Å². The molecule has 7 nitrogen and oxygen atoms in total. The monoisotopic (exact) mass is 635 g/mol. The highest BCUT2D eigenvalue weighted by molar-refractivity contribution is 9.11. The van der Waals surface area contributed by atoms with Gasteiger partial charge in [0.1, 0.15) is 12.4 Å². The van der Waals surface area contributed by atoms with E-state index >= 15 is 0 Å². The maximum Gasteiger partial charge on any atom is 0.269 e. The van der Waals surface area contributed by atoms with Crippen molar-refractivity contribution < 1.29 is 14.5 Å². The molecule has 0 atom stereocenters. The molecule has 1 fully saturated rings. The van der Waals surface area contributed by atoms with E-state index in [0.29, 0.717) is 41.0 Å². The second-order valence-corrected chi connectivity index (χ2v) is 10.5.